The van der Waals surface area contributed by atoms with E-state index >= 15 is 0 Å². The molecule has 3 rings (SSSR count). The van der Waals surface area contributed by atoms with Gasteiger partial charge in [0.05, 0.1) is 32.6 Å². The number of benzene rings is 1. The van der Waals surface area contributed by atoms with E-state index in [1.54, 1.807) is 17.8 Å². The Balaban J connectivity index is 1.97. The molecule has 2 heterocycles. The third-order valence-corrected chi connectivity index (χ3v) is 5.68. The first kappa shape index (κ1) is 15.3. The molecule has 2 aliphatic rings. The van der Waals surface area contributed by atoms with E-state index in [4.69, 9.17) is 28.2 Å². The van der Waals surface area contributed by atoms with E-state index in [1.807, 2.05) is 0 Å². The lowest BCUT2D eigenvalue weighted by Gasteiger charge is -2.29. The number of amidine groups is 1. The summed E-state index contributed by atoms with van der Waals surface area (Å²) in [6, 6.07) is 1.70. The summed E-state index contributed by atoms with van der Waals surface area (Å²) in [4.78, 5) is 4.81. The van der Waals surface area contributed by atoms with Gasteiger partial charge >= 0.3 is 0 Å². The molecule has 1 aromatic carbocycles. The molecule has 21 heavy (non-hydrogen) atoms. The van der Waals surface area contributed by atoms with Gasteiger partial charge in [-0.1, -0.05) is 41.9 Å². The number of aliphatic imine (C=N–C) groups is 1. The summed E-state index contributed by atoms with van der Waals surface area (Å²) in [7, 11) is 0. The van der Waals surface area contributed by atoms with Crippen LogP contribution < -0.4 is 5.32 Å². The summed E-state index contributed by atoms with van der Waals surface area (Å²) in [5.74, 6) is 1.04. The van der Waals surface area contributed by atoms with Crippen LogP contribution in [0.1, 0.15) is 26.7 Å². The Bertz CT molecular complexity index is 698. The van der Waals surface area contributed by atoms with Crippen molar-refractivity contribution in [2.24, 2.45) is 13.7 Å². The first-order valence-corrected chi connectivity index (χ1v) is 9.09. The number of nitrogens with one attached hydrogen (secondary N) is 1. The zero-order chi connectivity index (χ0) is 15.0. The monoisotopic (exact) mass is 360 g/mol. The number of fused-ring (bicyclic) bond motifs is 1. The predicted molar refractivity (Wildman–Crippen MR) is 94.8 cm³/mol. The van der Waals surface area contributed by atoms with Crippen LogP contribution in [0.3, 0.4) is 0 Å². The minimum Gasteiger partial charge on any atom is -0.332 e. The van der Waals surface area contributed by atoms with Gasteiger partial charge in [-0.25, -0.2) is 0 Å². The maximum absolute atomic E-state index is 6.32. The fourth-order valence-electron chi connectivity index (χ4n) is 2.12. The highest BCUT2D eigenvalue weighted by atomic mass is 35.5. The van der Waals surface area contributed by atoms with Crippen molar-refractivity contribution in [3.63, 3.8) is 0 Å². The van der Waals surface area contributed by atoms with Crippen LogP contribution in [-0.4, -0.2) is 16.5 Å². The van der Waals surface area contributed by atoms with E-state index in [9.17, 15) is 0 Å². The Hall–Kier alpha value is -0.560. The van der Waals surface area contributed by atoms with Gasteiger partial charge in [-0.05, 0) is 25.8 Å². The molecule has 0 aliphatic carbocycles. The fourth-order valence-corrected chi connectivity index (χ4v) is 4.47. The molecule has 0 amide bonds. The van der Waals surface area contributed by atoms with Gasteiger partial charge < -0.3 is 5.32 Å². The van der Waals surface area contributed by atoms with Crippen molar-refractivity contribution < 1.29 is 0 Å². The van der Waals surface area contributed by atoms with Crippen LogP contribution in [0.5, 0.6) is 0 Å². The molecule has 1 N–H and O–H groups in total. The second-order valence-electron chi connectivity index (χ2n) is 5.17. The first-order valence-electron chi connectivity index (χ1n) is 6.62. The number of anilines is 1. The molecule has 0 saturated heterocycles. The van der Waals surface area contributed by atoms with Crippen LogP contribution in [0, 0.1) is 0 Å². The van der Waals surface area contributed by atoms with Gasteiger partial charge in [0, 0.05) is 5.75 Å². The Morgan fingerprint density at radius 1 is 1.29 bits per heavy atom. The molecule has 1 atom stereocenters. The summed E-state index contributed by atoms with van der Waals surface area (Å²) in [5, 5.41) is 5.25. The lowest BCUT2D eigenvalue weighted by molar-refractivity contribution is 0.443. The molecule has 1 aromatic rings. The molecule has 0 spiro atoms. The van der Waals surface area contributed by atoms with Crippen LogP contribution in [0.25, 0.3) is 0 Å². The van der Waals surface area contributed by atoms with Gasteiger partial charge in [0.2, 0.25) is 0 Å². The molecule has 4 nitrogen and oxygen atoms in total. The molecular formula is C13H14Cl2N4S2. The van der Waals surface area contributed by atoms with Crippen LogP contribution in [-0.2, 0) is 11.4 Å². The molecule has 1 unspecified atom stereocenters. The third-order valence-electron chi connectivity index (χ3n) is 3.69. The van der Waals surface area contributed by atoms with Crippen molar-refractivity contribution in [3.8, 4) is 0 Å². The van der Waals surface area contributed by atoms with Gasteiger partial charge in [0.15, 0.2) is 5.17 Å². The van der Waals surface area contributed by atoms with E-state index in [-0.39, 0.29) is 5.54 Å². The average Bonchev–Trinajstić information content (AvgIpc) is 2.93. The van der Waals surface area contributed by atoms with Crippen LogP contribution in [0.4, 0.5) is 17.1 Å². The largest absolute Gasteiger partial charge is 0.332 e. The molecule has 0 bridgehead atoms. The topological polar surface area (TPSA) is 49.1 Å². The molecule has 0 fully saturated rings. The number of halogens is 2. The van der Waals surface area contributed by atoms with Gasteiger partial charge in [0.25, 0.3) is 0 Å². The number of thioether (sulfide) groups is 1. The van der Waals surface area contributed by atoms with E-state index in [1.165, 1.54) is 0 Å². The van der Waals surface area contributed by atoms with Crippen molar-refractivity contribution in [3.05, 3.63) is 16.1 Å². The lowest BCUT2D eigenvalue weighted by Crippen LogP contribution is -2.29. The van der Waals surface area contributed by atoms with Crippen molar-refractivity contribution in [2.75, 3.05) is 11.1 Å². The maximum Gasteiger partial charge on any atom is 0.161 e. The van der Waals surface area contributed by atoms with E-state index in [0.29, 0.717) is 21.4 Å². The van der Waals surface area contributed by atoms with Gasteiger partial charge in [0.1, 0.15) is 11.4 Å². The molecule has 0 radical (unpaired) electrons. The second kappa shape index (κ2) is 5.91. The first-order chi connectivity index (χ1) is 10.0. The smallest absolute Gasteiger partial charge is 0.161 e. The predicted octanol–water partition coefficient (Wildman–Crippen LogP) is 5.79. The van der Waals surface area contributed by atoms with E-state index < -0.39 is 0 Å². The van der Waals surface area contributed by atoms with Crippen molar-refractivity contribution in [1.29, 1.82) is 0 Å². The summed E-state index contributed by atoms with van der Waals surface area (Å²) in [6.45, 7) is 4.34. The highest BCUT2D eigenvalue weighted by Crippen LogP contribution is 2.48. The quantitative estimate of drug-likeness (QED) is 0.736. The molecule has 0 aromatic heterocycles. The molecular weight excluding hydrogens is 347 g/mol. The van der Waals surface area contributed by atoms with Crippen LogP contribution in [0.2, 0.25) is 10.0 Å². The highest BCUT2D eigenvalue weighted by molar-refractivity contribution is 8.14. The lowest BCUT2D eigenvalue weighted by atomic mass is 9.97. The SMILES string of the molecule is CCC1(C)CCSC(Nc2c(Cl)cc(Cl)c3c2N=S=N3)=N1. The van der Waals surface area contributed by atoms with Crippen molar-refractivity contribution in [1.82, 2.24) is 0 Å². The van der Waals surface area contributed by atoms with Crippen LogP contribution >= 0.6 is 35.0 Å². The Kier molecular flexibility index (Phi) is 4.32. The normalized spacial score (nSPS) is 23.5. The zero-order valence-corrected chi connectivity index (χ0v) is 14.8. The minimum absolute atomic E-state index is 0.00801. The van der Waals surface area contributed by atoms with Gasteiger partial charge in [-0.15, -0.1) is 0 Å². The highest BCUT2D eigenvalue weighted by Gasteiger charge is 2.27. The Labute approximate surface area is 141 Å². The minimum atomic E-state index is -0.00801. The molecule has 2 aliphatic heterocycles. The van der Waals surface area contributed by atoms with Crippen molar-refractivity contribution in [2.45, 2.75) is 32.2 Å². The summed E-state index contributed by atoms with van der Waals surface area (Å²) < 4.78 is 8.51. The van der Waals surface area contributed by atoms with Crippen molar-refractivity contribution >= 4 is 68.5 Å². The maximum atomic E-state index is 6.32. The van der Waals surface area contributed by atoms with Crippen LogP contribution in [0.15, 0.2) is 19.8 Å². The summed E-state index contributed by atoms with van der Waals surface area (Å²) >= 11 is 15.3. The molecule has 0 saturated carbocycles. The molecule has 8 heteroatoms. The standard InChI is InChI=1S/C13H14Cl2N4S2/c1-3-13(2)4-5-20-12(17-13)16-9-7(14)6-8(15)10-11(9)19-21-18-10/h6H,3-5H2,1-2H3,(H,16,17). The zero-order valence-electron chi connectivity index (χ0n) is 11.6. The summed E-state index contributed by atoms with van der Waals surface area (Å²) in [5.41, 5.74) is 2.10. The second-order valence-corrected chi connectivity index (χ2v) is 7.59. The fraction of sp³-hybridized carbons (Fsp3) is 0.462. The molecule has 112 valence electrons. The number of nitrogens with zero attached hydrogens (tertiary/aromatic N) is 3. The Morgan fingerprint density at radius 2 is 2.05 bits per heavy atom. The summed E-state index contributed by atoms with van der Waals surface area (Å²) in [6.07, 6.45) is 2.10. The third kappa shape index (κ3) is 2.99. The number of rotatable bonds is 2. The Morgan fingerprint density at radius 3 is 2.81 bits per heavy atom. The number of hydrogen-bond donors (Lipinski definition) is 1. The van der Waals surface area contributed by atoms with Gasteiger partial charge in [-0.3, -0.25) is 4.99 Å². The number of hydrogen-bond acceptors (Lipinski definition) is 5. The van der Waals surface area contributed by atoms with E-state index in [0.717, 1.165) is 40.8 Å². The van der Waals surface area contributed by atoms with Gasteiger partial charge in [-0.2, -0.15) is 8.73 Å². The van der Waals surface area contributed by atoms with E-state index in [2.05, 4.69) is 27.9 Å². The average molecular weight is 361 g/mol.